The summed E-state index contributed by atoms with van der Waals surface area (Å²) in [5.41, 5.74) is 11.7. The van der Waals surface area contributed by atoms with Gasteiger partial charge in [-0.25, -0.2) is 19.7 Å². The number of benzene rings is 2. The molecule has 208 valence electrons. The number of fused-ring (bicyclic) bond motifs is 2. The Morgan fingerprint density at radius 3 is 2.80 bits per heavy atom. The van der Waals surface area contributed by atoms with E-state index in [1.807, 2.05) is 16.8 Å². The minimum atomic E-state index is -0.384. The van der Waals surface area contributed by atoms with Crippen molar-refractivity contribution in [2.45, 2.75) is 51.3 Å². The standard InChI is InChI=1S/C32H32N6O3/c1-2-40-32(39)31-34-12-13-37(31)17-20-14-24(15-20)38-18-25(28-29(33)35-19-36-30(28)38)23-9-8-22-10-11-26(41-27(22)16-23)21-6-4-3-5-7-21/h3-9,12-13,16,18-20,24,26H,2,10-11,14-15,17H2,1H3,(H2,33,35,36)/t20?,24?,26-/m1/s1. The number of hydrogen-bond acceptors (Lipinski definition) is 7. The molecule has 2 aromatic carbocycles. The molecule has 1 atom stereocenters. The fraction of sp³-hybridized carbons (Fsp3) is 0.312. The van der Waals surface area contributed by atoms with Crippen LogP contribution in [0.5, 0.6) is 5.75 Å². The van der Waals surface area contributed by atoms with E-state index in [1.165, 1.54) is 17.5 Å². The molecule has 9 heteroatoms. The predicted octanol–water partition coefficient (Wildman–Crippen LogP) is 5.77. The summed E-state index contributed by atoms with van der Waals surface area (Å²) in [6.45, 7) is 2.85. The topological polar surface area (TPSA) is 110 Å². The number of carbonyl (C=O) groups is 1. The second-order valence-corrected chi connectivity index (χ2v) is 10.9. The maximum atomic E-state index is 12.3. The lowest BCUT2D eigenvalue weighted by Gasteiger charge is -2.37. The first-order chi connectivity index (χ1) is 20.1. The van der Waals surface area contributed by atoms with Gasteiger partial charge in [-0.1, -0.05) is 42.5 Å². The fourth-order valence-electron chi connectivity index (χ4n) is 6.24. The van der Waals surface area contributed by atoms with Crippen molar-refractivity contribution in [3.63, 3.8) is 0 Å². The molecule has 1 aliphatic heterocycles. The Hall–Kier alpha value is -4.66. The van der Waals surface area contributed by atoms with Gasteiger partial charge in [0.15, 0.2) is 0 Å². The molecule has 0 bridgehead atoms. The minimum absolute atomic E-state index is 0.0421. The highest BCUT2D eigenvalue weighted by atomic mass is 16.5. The lowest BCUT2D eigenvalue weighted by atomic mass is 9.80. The highest BCUT2D eigenvalue weighted by Gasteiger charge is 2.34. The molecular formula is C32H32N6O3. The fourth-order valence-corrected chi connectivity index (χ4v) is 6.24. The van der Waals surface area contributed by atoms with Crippen molar-refractivity contribution in [3.05, 3.63) is 90.4 Å². The van der Waals surface area contributed by atoms with Crippen LogP contribution in [0, 0.1) is 5.92 Å². The molecule has 7 rings (SSSR count). The van der Waals surface area contributed by atoms with E-state index in [1.54, 1.807) is 13.1 Å². The number of aryl methyl sites for hydroxylation is 1. The number of nitrogens with zero attached hydrogens (tertiary/aromatic N) is 5. The predicted molar refractivity (Wildman–Crippen MR) is 155 cm³/mol. The Kier molecular flexibility index (Phi) is 6.41. The van der Waals surface area contributed by atoms with E-state index in [0.717, 1.165) is 60.1 Å². The highest BCUT2D eigenvalue weighted by Crippen LogP contribution is 2.45. The third kappa shape index (κ3) is 4.61. The zero-order chi connectivity index (χ0) is 27.9. The van der Waals surface area contributed by atoms with Gasteiger partial charge in [0.2, 0.25) is 5.82 Å². The van der Waals surface area contributed by atoms with E-state index in [0.29, 0.717) is 24.2 Å². The SMILES string of the molecule is CCOC(=O)c1nccn1CC1CC(n2cc(-c3ccc4c(c3)O[C@@H](c3ccccc3)CC4)c3c(N)ncnc32)C1. The zero-order valence-corrected chi connectivity index (χ0v) is 22.9. The van der Waals surface area contributed by atoms with Gasteiger partial charge in [-0.05, 0) is 61.3 Å². The van der Waals surface area contributed by atoms with Crippen LogP contribution in [0.1, 0.15) is 60.1 Å². The molecule has 0 saturated heterocycles. The van der Waals surface area contributed by atoms with Crippen LogP contribution in [0.2, 0.25) is 0 Å². The highest BCUT2D eigenvalue weighted by molar-refractivity contribution is 6.01. The number of imidazole rings is 1. The van der Waals surface area contributed by atoms with Gasteiger partial charge in [0.05, 0.1) is 12.0 Å². The van der Waals surface area contributed by atoms with Crippen molar-refractivity contribution >= 4 is 22.8 Å². The van der Waals surface area contributed by atoms with Gasteiger partial charge in [-0.15, -0.1) is 0 Å². The van der Waals surface area contributed by atoms with E-state index in [-0.39, 0.29) is 18.1 Å². The van der Waals surface area contributed by atoms with Crippen LogP contribution in [0.3, 0.4) is 0 Å². The van der Waals surface area contributed by atoms with Gasteiger partial charge in [0, 0.05) is 36.7 Å². The van der Waals surface area contributed by atoms with Crippen LogP contribution in [0.25, 0.3) is 22.2 Å². The summed E-state index contributed by atoms with van der Waals surface area (Å²) in [6.07, 6.45) is 11.1. The monoisotopic (exact) mass is 548 g/mol. The molecule has 9 nitrogen and oxygen atoms in total. The Morgan fingerprint density at radius 1 is 1.12 bits per heavy atom. The van der Waals surface area contributed by atoms with Crippen molar-refractivity contribution in [1.29, 1.82) is 0 Å². The zero-order valence-electron chi connectivity index (χ0n) is 22.9. The van der Waals surface area contributed by atoms with Crippen LogP contribution in [-0.2, 0) is 17.7 Å². The Labute approximate surface area is 238 Å². The van der Waals surface area contributed by atoms with Crippen LogP contribution < -0.4 is 10.5 Å². The Bertz CT molecular complexity index is 1720. The average molecular weight is 549 g/mol. The number of nitrogens with two attached hydrogens (primary N) is 1. The number of carbonyl (C=O) groups excluding carboxylic acids is 1. The van der Waals surface area contributed by atoms with Crippen molar-refractivity contribution in [3.8, 4) is 16.9 Å². The lowest BCUT2D eigenvalue weighted by Crippen LogP contribution is -2.30. The molecular weight excluding hydrogens is 516 g/mol. The Morgan fingerprint density at radius 2 is 1.98 bits per heavy atom. The van der Waals surface area contributed by atoms with Crippen LogP contribution in [-0.4, -0.2) is 36.7 Å². The smallest absolute Gasteiger partial charge is 0.374 e. The number of anilines is 1. The summed E-state index contributed by atoms with van der Waals surface area (Å²) in [4.78, 5) is 25.4. The number of aromatic nitrogens is 5. The molecule has 0 amide bonds. The van der Waals surface area contributed by atoms with E-state index in [2.05, 4.69) is 68.2 Å². The third-order valence-corrected chi connectivity index (χ3v) is 8.37. The number of ether oxygens (including phenoxy) is 2. The normalized spacial score (nSPS) is 19.8. The third-order valence-electron chi connectivity index (χ3n) is 8.37. The quantitative estimate of drug-likeness (QED) is 0.257. The summed E-state index contributed by atoms with van der Waals surface area (Å²) < 4.78 is 15.8. The molecule has 41 heavy (non-hydrogen) atoms. The summed E-state index contributed by atoms with van der Waals surface area (Å²) >= 11 is 0. The summed E-state index contributed by atoms with van der Waals surface area (Å²) in [6, 6.07) is 17.1. The molecule has 1 fully saturated rings. The van der Waals surface area contributed by atoms with Gasteiger partial charge in [-0.2, -0.15) is 0 Å². The van der Waals surface area contributed by atoms with Crippen molar-refractivity contribution < 1.29 is 14.3 Å². The number of nitrogen functional groups attached to an aromatic ring is 1. The summed E-state index contributed by atoms with van der Waals surface area (Å²) in [5.74, 6) is 1.77. The van der Waals surface area contributed by atoms with Gasteiger partial charge >= 0.3 is 5.97 Å². The molecule has 2 aliphatic rings. The van der Waals surface area contributed by atoms with E-state index < -0.39 is 0 Å². The summed E-state index contributed by atoms with van der Waals surface area (Å²) in [5, 5.41) is 0.866. The number of rotatable bonds is 7. The lowest BCUT2D eigenvalue weighted by molar-refractivity contribution is 0.0502. The molecule has 0 radical (unpaired) electrons. The molecule has 3 aromatic heterocycles. The number of hydrogen-bond donors (Lipinski definition) is 1. The second kappa shape index (κ2) is 10.4. The second-order valence-electron chi connectivity index (χ2n) is 10.9. The first-order valence-corrected chi connectivity index (χ1v) is 14.2. The van der Waals surface area contributed by atoms with Crippen LogP contribution >= 0.6 is 0 Å². The van der Waals surface area contributed by atoms with Gasteiger partial charge < -0.3 is 24.3 Å². The average Bonchev–Trinajstić information content (AvgIpc) is 3.60. The molecule has 1 aliphatic carbocycles. The largest absolute Gasteiger partial charge is 0.485 e. The molecule has 0 unspecified atom stereocenters. The maximum Gasteiger partial charge on any atom is 0.374 e. The van der Waals surface area contributed by atoms with Crippen LogP contribution in [0.15, 0.2) is 73.4 Å². The first-order valence-electron chi connectivity index (χ1n) is 14.2. The van der Waals surface area contributed by atoms with E-state index in [9.17, 15) is 4.79 Å². The van der Waals surface area contributed by atoms with Gasteiger partial charge in [0.25, 0.3) is 0 Å². The molecule has 4 heterocycles. The maximum absolute atomic E-state index is 12.3. The minimum Gasteiger partial charge on any atom is -0.485 e. The van der Waals surface area contributed by atoms with E-state index in [4.69, 9.17) is 15.2 Å². The molecule has 2 N–H and O–H groups in total. The van der Waals surface area contributed by atoms with Gasteiger partial charge in [0.1, 0.15) is 29.6 Å². The molecule has 1 saturated carbocycles. The molecule has 0 spiro atoms. The summed E-state index contributed by atoms with van der Waals surface area (Å²) in [7, 11) is 0. The van der Waals surface area contributed by atoms with Crippen molar-refractivity contribution in [2.24, 2.45) is 5.92 Å². The van der Waals surface area contributed by atoms with Crippen molar-refractivity contribution in [1.82, 2.24) is 24.1 Å². The number of esters is 1. The van der Waals surface area contributed by atoms with Gasteiger partial charge in [-0.3, -0.25) is 0 Å². The molecule has 5 aromatic rings. The van der Waals surface area contributed by atoms with Crippen LogP contribution in [0.4, 0.5) is 5.82 Å². The Balaban J connectivity index is 1.15. The van der Waals surface area contributed by atoms with E-state index >= 15 is 0 Å². The first kappa shape index (κ1) is 25.3. The van der Waals surface area contributed by atoms with Crippen molar-refractivity contribution in [2.75, 3.05) is 12.3 Å².